The third kappa shape index (κ3) is 4.29. The van der Waals surface area contributed by atoms with E-state index < -0.39 is 5.60 Å². The van der Waals surface area contributed by atoms with Crippen molar-refractivity contribution in [2.45, 2.75) is 38.0 Å². The van der Waals surface area contributed by atoms with Gasteiger partial charge in [-0.2, -0.15) is 12.6 Å². The maximum Gasteiger partial charge on any atom is 0.410 e. The van der Waals surface area contributed by atoms with E-state index in [1.165, 1.54) is 0 Å². The molecule has 0 aliphatic carbocycles. The Bertz CT molecular complexity index is 530. The van der Waals surface area contributed by atoms with Crippen molar-refractivity contribution in [1.29, 1.82) is 0 Å². The van der Waals surface area contributed by atoms with Gasteiger partial charge in [0.15, 0.2) is 0 Å². The van der Waals surface area contributed by atoms with Crippen molar-refractivity contribution in [3.63, 3.8) is 0 Å². The average Bonchev–Trinajstić information content (AvgIpc) is 2.94. The summed E-state index contributed by atoms with van der Waals surface area (Å²) in [6.45, 7) is 6.99. The first kappa shape index (κ1) is 16.9. The van der Waals surface area contributed by atoms with Crippen LogP contribution in [0, 0.1) is 5.92 Å². The molecule has 1 fully saturated rings. The van der Waals surface area contributed by atoms with Gasteiger partial charge in [-0.05, 0) is 44.7 Å². The standard InChI is InChI=1S/C16H24N2O3S/c1-16(2,3)21-15(19)18-6-5-11(10-18)14(22)12-7-13(20-4)9-17-8-12/h7-9,11,14,22H,5-6,10H2,1-4H3/t11-,14?/m0/s1. The molecule has 0 radical (unpaired) electrons. The Kier molecular flexibility index (Phi) is 5.21. The van der Waals surface area contributed by atoms with Crippen LogP contribution in [0.2, 0.25) is 0 Å². The van der Waals surface area contributed by atoms with Crippen LogP contribution in [0.15, 0.2) is 18.5 Å². The number of ether oxygens (including phenoxy) is 2. The van der Waals surface area contributed by atoms with Crippen LogP contribution < -0.4 is 4.74 Å². The monoisotopic (exact) mass is 324 g/mol. The van der Waals surface area contributed by atoms with Crippen molar-refractivity contribution >= 4 is 18.7 Å². The Balaban J connectivity index is 1.98. The molecule has 1 amide bonds. The van der Waals surface area contributed by atoms with Gasteiger partial charge in [0.25, 0.3) is 0 Å². The first-order chi connectivity index (χ1) is 10.3. The summed E-state index contributed by atoms with van der Waals surface area (Å²) in [6.07, 6.45) is 4.13. The molecule has 5 nitrogen and oxygen atoms in total. The fourth-order valence-corrected chi connectivity index (χ4v) is 2.90. The lowest BCUT2D eigenvalue weighted by Gasteiger charge is -2.25. The normalized spacial score (nSPS) is 19.9. The second kappa shape index (κ2) is 6.77. The molecule has 0 bridgehead atoms. The van der Waals surface area contributed by atoms with E-state index in [9.17, 15) is 4.79 Å². The minimum absolute atomic E-state index is 0.0232. The number of hydrogen-bond acceptors (Lipinski definition) is 5. The summed E-state index contributed by atoms with van der Waals surface area (Å²) >= 11 is 4.72. The lowest BCUT2D eigenvalue weighted by Crippen LogP contribution is -2.35. The van der Waals surface area contributed by atoms with Crippen LogP contribution in [-0.2, 0) is 4.74 Å². The number of carbonyl (C=O) groups is 1. The summed E-state index contributed by atoms with van der Waals surface area (Å²) in [5.41, 5.74) is 0.547. The second-order valence-corrected chi connectivity index (χ2v) is 7.13. The van der Waals surface area contributed by atoms with Gasteiger partial charge in [-0.1, -0.05) is 0 Å². The number of methoxy groups -OCH3 is 1. The molecule has 0 spiro atoms. The molecule has 1 unspecified atom stereocenters. The minimum atomic E-state index is -0.466. The third-order valence-electron chi connectivity index (χ3n) is 3.63. The molecule has 1 aromatic rings. The maximum absolute atomic E-state index is 12.1. The van der Waals surface area contributed by atoms with E-state index in [0.29, 0.717) is 13.1 Å². The molecule has 122 valence electrons. The molecule has 1 aliphatic rings. The Hall–Kier alpha value is -1.43. The first-order valence-corrected chi connectivity index (χ1v) is 7.97. The highest BCUT2D eigenvalue weighted by atomic mass is 32.1. The summed E-state index contributed by atoms with van der Waals surface area (Å²) in [6, 6.07) is 1.95. The number of thiol groups is 1. The second-order valence-electron chi connectivity index (χ2n) is 6.58. The van der Waals surface area contributed by atoms with E-state index in [4.69, 9.17) is 22.1 Å². The van der Waals surface area contributed by atoms with Crippen molar-refractivity contribution in [2.75, 3.05) is 20.2 Å². The largest absolute Gasteiger partial charge is 0.495 e. The van der Waals surface area contributed by atoms with Gasteiger partial charge in [-0.3, -0.25) is 4.98 Å². The van der Waals surface area contributed by atoms with Crippen molar-refractivity contribution in [1.82, 2.24) is 9.88 Å². The van der Waals surface area contributed by atoms with Crippen molar-refractivity contribution < 1.29 is 14.3 Å². The van der Waals surface area contributed by atoms with Gasteiger partial charge in [0.1, 0.15) is 11.4 Å². The highest BCUT2D eigenvalue weighted by Gasteiger charge is 2.33. The number of rotatable bonds is 3. The molecule has 1 aromatic heterocycles. The molecule has 1 aliphatic heterocycles. The molecule has 1 saturated heterocycles. The van der Waals surface area contributed by atoms with E-state index in [2.05, 4.69) is 4.98 Å². The predicted molar refractivity (Wildman–Crippen MR) is 88.4 cm³/mol. The Morgan fingerprint density at radius 2 is 2.18 bits per heavy atom. The van der Waals surface area contributed by atoms with Crippen molar-refractivity contribution in [3.8, 4) is 5.75 Å². The number of hydrogen-bond donors (Lipinski definition) is 1. The van der Waals surface area contributed by atoms with Gasteiger partial charge in [-0.25, -0.2) is 4.79 Å². The SMILES string of the molecule is COc1cncc(C(S)[C@H]2CCN(C(=O)OC(C)(C)C)C2)c1. The summed E-state index contributed by atoms with van der Waals surface area (Å²) in [4.78, 5) is 18.0. The summed E-state index contributed by atoms with van der Waals surface area (Å²) in [5.74, 6) is 1.00. The molecule has 6 heteroatoms. The number of aromatic nitrogens is 1. The Morgan fingerprint density at radius 1 is 1.45 bits per heavy atom. The van der Waals surface area contributed by atoms with E-state index in [0.717, 1.165) is 17.7 Å². The van der Waals surface area contributed by atoms with E-state index in [1.54, 1.807) is 24.4 Å². The molecular formula is C16H24N2O3S. The topological polar surface area (TPSA) is 51.7 Å². The quantitative estimate of drug-likeness (QED) is 0.867. The summed E-state index contributed by atoms with van der Waals surface area (Å²) < 4.78 is 10.6. The highest BCUT2D eigenvalue weighted by Crippen LogP contribution is 2.36. The van der Waals surface area contributed by atoms with Gasteiger partial charge in [0.05, 0.1) is 13.3 Å². The van der Waals surface area contributed by atoms with E-state index in [1.807, 2.05) is 26.8 Å². The molecular weight excluding hydrogens is 300 g/mol. The zero-order chi connectivity index (χ0) is 16.3. The van der Waals surface area contributed by atoms with Crippen LogP contribution in [0.3, 0.4) is 0 Å². The predicted octanol–water partition coefficient (Wildman–Crippen LogP) is 3.32. The maximum atomic E-state index is 12.1. The average molecular weight is 324 g/mol. The van der Waals surface area contributed by atoms with Gasteiger partial charge >= 0.3 is 6.09 Å². The molecule has 0 N–H and O–H groups in total. The van der Waals surface area contributed by atoms with Crippen LogP contribution in [-0.4, -0.2) is 41.8 Å². The van der Waals surface area contributed by atoms with E-state index >= 15 is 0 Å². The van der Waals surface area contributed by atoms with Crippen LogP contribution in [0.1, 0.15) is 38.0 Å². The summed E-state index contributed by atoms with van der Waals surface area (Å²) in [5, 5.41) is 0.0232. The number of pyridine rings is 1. The summed E-state index contributed by atoms with van der Waals surface area (Å²) in [7, 11) is 1.62. The highest BCUT2D eigenvalue weighted by molar-refractivity contribution is 7.80. The van der Waals surface area contributed by atoms with Crippen molar-refractivity contribution in [2.24, 2.45) is 5.92 Å². The van der Waals surface area contributed by atoms with Crippen LogP contribution in [0.25, 0.3) is 0 Å². The molecule has 2 atom stereocenters. The van der Waals surface area contributed by atoms with Gasteiger partial charge in [0.2, 0.25) is 0 Å². The van der Waals surface area contributed by atoms with Crippen molar-refractivity contribution in [3.05, 3.63) is 24.0 Å². The Labute approximate surface area is 137 Å². The molecule has 0 saturated carbocycles. The molecule has 2 rings (SSSR count). The number of amides is 1. The van der Waals surface area contributed by atoms with E-state index in [-0.39, 0.29) is 17.3 Å². The number of nitrogens with zero attached hydrogens (tertiary/aromatic N) is 2. The van der Waals surface area contributed by atoms with Gasteiger partial charge < -0.3 is 14.4 Å². The fourth-order valence-electron chi connectivity index (χ4n) is 2.52. The molecule has 22 heavy (non-hydrogen) atoms. The van der Waals surface area contributed by atoms with Crippen LogP contribution in [0.4, 0.5) is 4.79 Å². The number of carbonyl (C=O) groups excluding carboxylic acids is 1. The van der Waals surface area contributed by atoms with Gasteiger partial charge in [-0.15, -0.1) is 0 Å². The zero-order valence-electron chi connectivity index (χ0n) is 13.6. The Morgan fingerprint density at radius 3 is 2.82 bits per heavy atom. The van der Waals surface area contributed by atoms with Gasteiger partial charge in [0, 0.05) is 24.5 Å². The number of likely N-dealkylation sites (tertiary alicyclic amines) is 1. The lowest BCUT2D eigenvalue weighted by atomic mass is 9.99. The molecule has 0 aromatic carbocycles. The van der Waals surface area contributed by atoms with Crippen LogP contribution in [0.5, 0.6) is 5.75 Å². The van der Waals surface area contributed by atoms with Crippen LogP contribution >= 0.6 is 12.6 Å². The lowest BCUT2D eigenvalue weighted by molar-refractivity contribution is 0.0288. The molecule has 2 heterocycles. The third-order valence-corrected chi connectivity index (χ3v) is 4.35. The minimum Gasteiger partial charge on any atom is -0.495 e. The fraction of sp³-hybridized carbons (Fsp3) is 0.625. The first-order valence-electron chi connectivity index (χ1n) is 7.45. The smallest absolute Gasteiger partial charge is 0.410 e. The zero-order valence-corrected chi connectivity index (χ0v) is 14.5.